The number of para-hydroxylation sites is 2. The summed E-state index contributed by atoms with van der Waals surface area (Å²) < 4.78 is 14.0. The van der Waals surface area contributed by atoms with E-state index >= 15 is 0 Å². The summed E-state index contributed by atoms with van der Waals surface area (Å²) in [6.07, 6.45) is 3.98. The third-order valence-electron chi connectivity index (χ3n) is 8.54. The molecule has 0 spiro atoms. The van der Waals surface area contributed by atoms with Gasteiger partial charge in [-0.05, 0) is 58.0 Å². The maximum Gasteiger partial charge on any atom is 0 e. The average Bonchev–Trinajstić information content (AvgIpc) is 3.63. The van der Waals surface area contributed by atoms with Crippen LogP contribution in [0.3, 0.4) is 0 Å². The summed E-state index contributed by atoms with van der Waals surface area (Å²) in [6.45, 7) is 6.51. The van der Waals surface area contributed by atoms with Crippen LogP contribution < -0.4 is 4.40 Å². The van der Waals surface area contributed by atoms with E-state index in [0.717, 1.165) is 66.4 Å². The summed E-state index contributed by atoms with van der Waals surface area (Å²) in [6, 6.07) is 37.4. The van der Waals surface area contributed by atoms with E-state index in [0.29, 0.717) is 5.92 Å². The van der Waals surface area contributed by atoms with E-state index in [1.807, 2.05) is 73.1 Å². The number of rotatable bonds is 4. The predicted molar refractivity (Wildman–Crippen MR) is 193 cm³/mol. The summed E-state index contributed by atoms with van der Waals surface area (Å²) in [5, 5.41) is 4.26. The van der Waals surface area contributed by atoms with Gasteiger partial charge in [0.15, 0.2) is 0 Å². The Morgan fingerprint density at radius 3 is 2.02 bits per heavy atom. The zero-order valence-electron chi connectivity index (χ0n) is 27.4. The van der Waals surface area contributed by atoms with Crippen LogP contribution in [-0.4, -0.2) is 23.2 Å². The number of fused-ring (bicyclic) bond motifs is 7. The molecule has 0 aliphatic rings. The van der Waals surface area contributed by atoms with Gasteiger partial charge in [0.2, 0.25) is 0 Å². The van der Waals surface area contributed by atoms with Crippen LogP contribution in [-0.2, 0) is 20.1 Å². The van der Waals surface area contributed by atoms with Gasteiger partial charge in [0.05, 0.1) is 11.2 Å². The molecule has 4 nitrogen and oxygen atoms in total. The topological polar surface area (TPSA) is 52.1 Å². The molecule has 0 saturated carbocycles. The molecule has 0 fully saturated rings. The van der Waals surface area contributed by atoms with Crippen molar-refractivity contribution in [3.05, 3.63) is 127 Å². The standard InChI is InChI=1S/C27H20NO2.C14H16GeN.Ir/c1-15(2)19-12-21(28-14-16(19)3)20-13-24-25(17-8-4-6-10-22(17)29-24)26-18-9-5-7-11-23(18)30-27(20)26;1-15(2,3)13-9-10-14(16-11-13)12-7-5-4-6-8-12;/h4-12,14-15H,1-3H3;4-7,9-11H,1-3H3;/q2*-1;. The van der Waals surface area contributed by atoms with Gasteiger partial charge in [-0.3, -0.25) is 0 Å². The van der Waals surface area contributed by atoms with Gasteiger partial charge in [-0.1, -0.05) is 67.9 Å². The van der Waals surface area contributed by atoms with Crippen molar-refractivity contribution in [1.29, 1.82) is 0 Å². The first-order valence-electron chi connectivity index (χ1n) is 15.8. The molecule has 4 aromatic heterocycles. The first-order chi connectivity index (χ1) is 22.2. The maximum absolute atomic E-state index is 6.38. The third kappa shape index (κ3) is 6.32. The molecule has 0 bridgehead atoms. The van der Waals surface area contributed by atoms with Crippen molar-refractivity contribution < 1.29 is 28.9 Å². The van der Waals surface area contributed by atoms with Crippen LogP contribution in [0.4, 0.5) is 0 Å². The normalized spacial score (nSPS) is 11.6. The number of benzene rings is 4. The van der Waals surface area contributed by atoms with Crippen LogP contribution in [0, 0.1) is 19.1 Å². The molecule has 0 aliphatic heterocycles. The van der Waals surface area contributed by atoms with Crippen molar-refractivity contribution in [3.8, 4) is 22.5 Å². The van der Waals surface area contributed by atoms with Gasteiger partial charge >= 0.3 is 99.8 Å². The van der Waals surface area contributed by atoms with Gasteiger partial charge in [0, 0.05) is 31.7 Å². The number of nitrogens with zero attached hydrogens (tertiary/aromatic N) is 2. The second kappa shape index (κ2) is 13.2. The molecule has 4 aromatic carbocycles. The number of pyridine rings is 2. The Morgan fingerprint density at radius 1 is 0.723 bits per heavy atom. The SMILES string of the molecule is Cc1cnc(-c2[c-]c3oc4ccccc4c3c3c2oc2ccccc23)cc1C(C)C.[CH3][Ge]([CH3])([CH3])[c]1ccc(-c2[c-]cccc2)nc1.[Ir]. The van der Waals surface area contributed by atoms with Crippen molar-refractivity contribution in [2.24, 2.45) is 0 Å². The van der Waals surface area contributed by atoms with Gasteiger partial charge in [-0.2, -0.15) is 0 Å². The molecule has 0 amide bonds. The molecule has 8 rings (SSSR count). The third-order valence-corrected chi connectivity index (χ3v) is 12.8. The Hall–Kier alpha value is -4.03. The van der Waals surface area contributed by atoms with E-state index < -0.39 is 13.3 Å². The maximum atomic E-state index is 6.38. The van der Waals surface area contributed by atoms with Gasteiger partial charge in [-0.25, -0.2) is 0 Å². The van der Waals surface area contributed by atoms with Crippen molar-refractivity contribution in [1.82, 2.24) is 9.97 Å². The predicted octanol–water partition coefficient (Wildman–Crippen LogP) is 10.9. The Balaban J connectivity index is 0.000000194. The number of aryl methyl sites for hydroxylation is 1. The smallest absolute Gasteiger partial charge is 0 e. The number of furan rings is 2. The van der Waals surface area contributed by atoms with Gasteiger partial charge in [0.25, 0.3) is 0 Å². The van der Waals surface area contributed by atoms with Gasteiger partial charge in [0.1, 0.15) is 11.2 Å². The molecule has 0 atom stereocenters. The van der Waals surface area contributed by atoms with Crippen molar-refractivity contribution in [2.75, 3.05) is 0 Å². The van der Waals surface area contributed by atoms with E-state index in [1.54, 1.807) is 0 Å². The Morgan fingerprint density at radius 2 is 1.38 bits per heavy atom. The molecule has 1 radical (unpaired) electrons. The van der Waals surface area contributed by atoms with Crippen molar-refractivity contribution in [2.45, 2.75) is 44.0 Å². The molecular formula is C41H36GeIrN2O2-2. The molecule has 0 saturated heterocycles. The quantitative estimate of drug-likeness (QED) is 0.131. The molecule has 6 heteroatoms. The van der Waals surface area contributed by atoms with Crippen LogP contribution in [0.1, 0.15) is 30.9 Å². The van der Waals surface area contributed by atoms with Gasteiger partial charge in [-0.15, -0.1) is 0 Å². The molecule has 0 unspecified atom stereocenters. The van der Waals surface area contributed by atoms with E-state index in [2.05, 4.69) is 85.5 Å². The second-order valence-electron chi connectivity index (χ2n) is 13.1. The zero-order valence-corrected chi connectivity index (χ0v) is 31.9. The van der Waals surface area contributed by atoms with E-state index in [-0.39, 0.29) is 20.1 Å². The number of hydrogen-bond acceptors (Lipinski definition) is 4. The monoisotopic (exact) mass is 855 g/mol. The summed E-state index contributed by atoms with van der Waals surface area (Å²) in [7, 11) is 0. The molecule has 0 aliphatic carbocycles. The Labute approximate surface area is 291 Å². The number of aromatic nitrogens is 2. The number of hydrogen-bond donors (Lipinski definition) is 0. The fourth-order valence-electron chi connectivity index (χ4n) is 6.05. The fraction of sp³-hybridized carbons (Fsp3) is 0.171. The first-order valence-corrected chi connectivity index (χ1v) is 23.1. The minimum atomic E-state index is -1.72. The molecule has 8 aromatic rings. The molecular weight excluding hydrogens is 817 g/mol. The van der Waals surface area contributed by atoms with Crippen LogP contribution >= 0.6 is 0 Å². The Kier molecular flexibility index (Phi) is 9.26. The summed E-state index contributed by atoms with van der Waals surface area (Å²) in [5.41, 5.74) is 9.50. The van der Waals surface area contributed by atoms with Crippen LogP contribution in [0.5, 0.6) is 0 Å². The summed E-state index contributed by atoms with van der Waals surface area (Å²) >= 11 is -1.72. The van der Waals surface area contributed by atoms with E-state index in [9.17, 15) is 0 Å². The van der Waals surface area contributed by atoms with Crippen LogP contribution in [0.25, 0.3) is 66.4 Å². The van der Waals surface area contributed by atoms with Crippen molar-refractivity contribution >= 4 is 61.5 Å². The minimum Gasteiger partial charge on any atom is 0 e. The molecule has 47 heavy (non-hydrogen) atoms. The van der Waals surface area contributed by atoms with Gasteiger partial charge < -0.3 is 13.8 Å². The van der Waals surface area contributed by atoms with E-state index in [4.69, 9.17) is 13.8 Å². The average molecular weight is 854 g/mol. The van der Waals surface area contributed by atoms with Crippen molar-refractivity contribution in [3.63, 3.8) is 0 Å². The summed E-state index contributed by atoms with van der Waals surface area (Å²) in [5.74, 6) is 7.55. The molecule has 237 valence electrons. The Bertz CT molecular complexity index is 2330. The zero-order chi connectivity index (χ0) is 32.0. The summed E-state index contributed by atoms with van der Waals surface area (Å²) in [4.78, 5) is 9.27. The largest absolute Gasteiger partial charge is 0 e. The fourth-order valence-corrected chi connectivity index (χ4v) is 8.22. The molecule has 4 heterocycles. The molecule has 0 N–H and O–H groups in total. The minimum absolute atomic E-state index is 0. The second-order valence-corrected chi connectivity index (χ2v) is 23.8. The van der Waals surface area contributed by atoms with E-state index in [1.165, 1.54) is 15.5 Å². The first kappa shape index (κ1) is 32.9. The van der Waals surface area contributed by atoms with Crippen LogP contribution in [0.2, 0.25) is 17.3 Å². The van der Waals surface area contributed by atoms with Crippen LogP contribution in [0.15, 0.2) is 112 Å².